The van der Waals surface area contributed by atoms with Gasteiger partial charge in [-0.15, -0.1) is 0 Å². The Hall–Kier alpha value is -0.795. The molecular formula is C17H20BCl2F4NO2. The maximum absolute atomic E-state index is 15.3. The molecule has 0 aliphatic carbocycles. The topological polar surface area (TPSA) is 44.5 Å². The van der Waals surface area contributed by atoms with E-state index in [1.807, 2.05) is 0 Å². The molecule has 1 unspecified atom stereocenters. The molecule has 1 saturated heterocycles. The average Bonchev–Trinajstić information content (AvgIpc) is 2.74. The van der Waals surface area contributed by atoms with Gasteiger partial charge < -0.3 is 15.0 Å². The monoisotopic (exact) mass is 427 g/mol. The Labute approximate surface area is 165 Å². The zero-order valence-electron chi connectivity index (χ0n) is 15.3. The number of benzene rings is 1. The van der Waals surface area contributed by atoms with Gasteiger partial charge >= 0.3 is 13.3 Å². The Morgan fingerprint density at radius 1 is 1.11 bits per heavy atom. The predicted molar refractivity (Wildman–Crippen MR) is 99.2 cm³/mol. The molecule has 1 atom stereocenters. The highest BCUT2D eigenvalue weighted by atomic mass is 35.5. The van der Waals surface area contributed by atoms with Crippen molar-refractivity contribution in [3.63, 3.8) is 0 Å². The number of alkyl halides is 3. The van der Waals surface area contributed by atoms with Crippen molar-refractivity contribution >= 4 is 35.9 Å². The van der Waals surface area contributed by atoms with Gasteiger partial charge in [-0.25, -0.2) is 4.39 Å². The predicted octanol–water partition coefficient (Wildman–Crippen LogP) is 5.59. The molecule has 0 aromatic heterocycles. The standard InChI is InChI=1S/C17H20BCl2F4NO2/c1-15(2)16(3,4)27-18(26-15)14(21)10(8-13(25)17(22,23)24)9-5-6-11(19)12(20)7-9/h5-7,13H,8,25H2,1-4H3. The fourth-order valence-electron chi connectivity index (χ4n) is 2.46. The first-order chi connectivity index (χ1) is 12.2. The maximum Gasteiger partial charge on any atom is 0.525 e. The molecule has 150 valence electrons. The first-order valence-corrected chi connectivity index (χ1v) is 8.93. The number of halogens is 6. The summed E-state index contributed by atoms with van der Waals surface area (Å²) in [5, 5.41) is 0.268. The van der Waals surface area contributed by atoms with Crippen molar-refractivity contribution in [3.8, 4) is 0 Å². The second-order valence-electron chi connectivity index (χ2n) is 7.40. The minimum absolute atomic E-state index is 0.0777. The Morgan fingerprint density at radius 3 is 2.07 bits per heavy atom. The summed E-state index contributed by atoms with van der Waals surface area (Å²) in [7, 11) is -1.46. The summed E-state index contributed by atoms with van der Waals surface area (Å²) in [6, 6.07) is 1.76. The molecule has 1 fully saturated rings. The lowest BCUT2D eigenvalue weighted by Crippen LogP contribution is -2.41. The highest BCUT2D eigenvalue weighted by Crippen LogP contribution is 2.42. The van der Waals surface area contributed by atoms with E-state index in [4.69, 9.17) is 38.2 Å². The summed E-state index contributed by atoms with van der Waals surface area (Å²) in [4.78, 5) is 0. The first-order valence-electron chi connectivity index (χ1n) is 8.17. The third-order valence-corrected chi connectivity index (χ3v) is 5.60. The van der Waals surface area contributed by atoms with E-state index < -0.39 is 42.7 Å². The van der Waals surface area contributed by atoms with Gasteiger partial charge in [-0.3, -0.25) is 0 Å². The van der Waals surface area contributed by atoms with Crippen molar-refractivity contribution in [3.05, 3.63) is 39.5 Å². The minimum Gasteiger partial charge on any atom is -0.398 e. The Kier molecular flexibility index (Phi) is 6.30. The van der Waals surface area contributed by atoms with Gasteiger partial charge in [-0.2, -0.15) is 13.2 Å². The van der Waals surface area contributed by atoms with Gasteiger partial charge in [0, 0.05) is 0 Å². The van der Waals surface area contributed by atoms with Gasteiger partial charge in [0.2, 0.25) is 0 Å². The van der Waals surface area contributed by atoms with Crippen LogP contribution in [0.15, 0.2) is 23.9 Å². The van der Waals surface area contributed by atoms with E-state index in [0.717, 1.165) is 0 Å². The summed E-state index contributed by atoms with van der Waals surface area (Å²) >= 11 is 11.8. The van der Waals surface area contributed by atoms with Gasteiger partial charge in [0.25, 0.3) is 0 Å². The highest BCUT2D eigenvalue weighted by Gasteiger charge is 2.54. The van der Waals surface area contributed by atoms with Crippen LogP contribution < -0.4 is 5.73 Å². The Morgan fingerprint density at radius 2 is 1.63 bits per heavy atom. The molecule has 0 amide bonds. The quantitative estimate of drug-likeness (QED) is 0.503. The van der Waals surface area contributed by atoms with Crippen molar-refractivity contribution in [2.75, 3.05) is 0 Å². The van der Waals surface area contributed by atoms with Crippen LogP contribution in [-0.2, 0) is 9.31 Å². The minimum atomic E-state index is -4.70. The van der Waals surface area contributed by atoms with Gasteiger partial charge in [0.15, 0.2) is 0 Å². The highest BCUT2D eigenvalue weighted by molar-refractivity contribution is 6.55. The van der Waals surface area contributed by atoms with Crippen LogP contribution in [0.2, 0.25) is 10.0 Å². The van der Waals surface area contributed by atoms with E-state index in [1.165, 1.54) is 18.2 Å². The van der Waals surface area contributed by atoms with Gasteiger partial charge in [0.1, 0.15) is 11.8 Å². The molecule has 10 heteroatoms. The third-order valence-electron chi connectivity index (χ3n) is 4.86. The maximum atomic E-state index is 15.3. The molecule has 0 spiro atoms. The summed E-state index contributed by atoms with van der Waals surface area (Å²) in [6.45, 7) is 6.84. The zero-order valence-corrected chi connectivity index (χ0v) is 16.8. The van der Waals surface area contributed by atoms with E-state index in [0.29, 0.717) is 0 Å². The van der Waals surface area contributed by atoms with E-state index >= 15 is 4.39 Å². The molecular weight excluding hydrogens is 408 g/mol. The summed E-state index contributed by atoms with van der Waals surface area (Å²) in [5.41, 5.74) is 2.37. The van der Waals surface area contributed by atoms with Crippen molar-refractivity contribution in [1.29, 1.82) is 0 Å². The molecule has 1 aliphatic heterocycles. The molecule has 1 aromatic carbocycles. The van der Waals surface area contributed by atoms with Crippen molar-refractivity contribution in [2.45, 2.75) is 57.5 Å². The van der Waals surface area contributed by atoms with Crippen LogP contribution in [0.5, 0.6) is 0 Å². The van der Waals surface area contributed by atoms with Gasteiger partial charge in [-0.1, -0.05) is 29.3 Å². The van der Waals surface area contributed by atoms with E-state index in [2.05, 4.69) is 0 Å². The Balaban J connectivity index is 2.51. The van der Waals surface area contributed by atoms with E-state index in [-0.39, 0.29) is 21.2 Å². The molecule has 2 N–H and O–H groups in total. The molecule has 1 aliphatic rings. The first kappa shape index (κ1) is 22.5. The van der Waals surface area contributed by atoms with Crippen LogP contribution in [0.25, 0.3) is 5.57 Å². The van der Waals surface area contributed by atoms with E-state index in [9.17, 15) is 13.2 Å². The average molecular weight is 428 g/mol. The van der Waals surface area contributed by atoms with Crippen LogP contribution in [0.1, 0.15) is 39.7 Å². The fraction of sp³-hybridized carbons (Fsp3) is 0.529. The lowest BCUT2D eigenvalue weighted by molar-refractivity contribution is -0.146. The molecule has 0 bridgehead atoms. The van der Waals surface area contributed by atoms with Crippen LogP contribution in [0.3, 0.4) is 0 Å². The number of rotatable bonds is 4. The third kappa shape index (κ3) is 4.79. The van der Waals surface area contributed by atoms with Crippen LogP contribution in [0.4, 0.5) is 17.6 Å². The van der Waals surface area contributed by atoms with Crippen molar-refractivity contribution in [2.24, 2.45) is 5.73 Å². The van der Waals surface area contributed by atoms with Crippen LogP contribution >= 0.6 is 23.2 Å². The van der Waals surface area contributed by atoms with Gasteiger partial charge in [0.05, 0.1) is 21.2 Å². The smallest absolute Gasteiger partial charge is 0.398 e. The number of nitrogens with two attached hydrogens (primary N) is 1. The molecule has 27 heavy (non-hydrogen) atoms. The summed E-state index contributed by atoms with van der Waals surface area (Å²) in [6.07, 6.45) is -5.50. The zero-order chi connectivity index (χ0) is 20.8. The second kappa shape index (κ2) is 7.56. The van der Waals surface area contributed by atoms with Crippen molar-refractivity contribution < 1.29 is 26.9 Å². The molecule has 0 saturated carbocycles. The molecule has 2 rings (SSSR count). The lowest BCUT2D eigenvalue weighted by atomic mass is 9.81. The Bertz CT molecular complexity index is 737. The summed E-state index contributed by atoms with van der Waals surface area (Å²) in [5.74, 6) is 0. The van der Waals surface area contributed by atoms with E-state index in [1.54, 1.807) is 27.7 Å². The van der Waals surface area contributed by atoms with Gasteiger partial charge in [-0.05, 0) is 57.4 Å². The lowest BCUT2D eigenvalue weighted by Gasteiger charge is -2.32. The van der Waals surface area contributed by atoms with Crippen molar-refractivity contribution in [1.82, 2.24) is 0 Å². The molecule has 1 aromatic rings. The largest absolute Gasteiger partial charge is 0.525 e. The molecule has 3 nitrogen and oxygen atoms in total. The molecule has 1 heterocycles. The number of hydrogen-bond acceptors (Lipinski definition) is 3. The van der Waals surface area contributed by atoms with Crippen LogP contribution in [-0.4, -0.2) is 30.5 Å². The normalized spacial score (nSPS) is 21.2. The molecule has 0 radical (unpaired) electrons. The number of hydrogen-bond donors (Lipinski definition) is 1. The summed E-state index contributed by atoms with van der Waals surface area (Å²) < 4.78 is 65.4. The fourth-order valence-corrected chi connectivity index (χ4v) is 2.76. The SMILES string of the molecule is CC1(C)OB(C(F)=C(CC(N)C(F)(F)F)c2ccc(Cl)c(Cl)c2)OC1(C)C. The van der Waals surface area contributed by atoms with Crippen LogP contribution in [0, 0.1) is 0 Å². The second-order valence-corrected chi connectivity index (χ2v) is 8.21.